The van der Waals surface area contributed by atoms with Gasteiger partial charge < -0.3 is 28.4 Å². The first kappa shape index (κ1) is 33.9. The fraction of sp³-hybridized carbons (Fsp3) is 0.538. The average Bonchev–Trinajstić information content (AvgIpc) is 2.88. The summed E-state index contributed by atoms with van der Waals surface area (Å²) in [6, 6.07) is 5.32. The number of benzene rings is 2. The molecular weight excluding hydrogens is 584 g/mol. The van der Waals surface area contributed by atoms with Gasteiger partial charge in [0.1, 0.15) is 0 Å². The Morgan fingerprint density at radius 1 is 0.475 bits per heavy atom. The van der Waals surface area contributed by atoms with Gasteiger partial charge in [-0.25, -0.2) is 0 Å². The molecule has 6 nitrogen and oxygen atoms in total. The average molecular weight is 621 g/mol. The molecule has 2 rings (SSSR count). The lowest BCUT2D eigenvalue weighted by Gasteiger charge is -2.16. The highest BCUT2D eigenvalue weighted by atomic mass is 31.3. The summed E-state index contributed by atoms with van der Waals surface area (Å²) in [6.45, 7) is 0.709. The van der Waals surface area contributed by atoms with Crippen LogP contribution in [-0.2, 0) is 12.3 Å². The molecule has 0 bridgehead atoms. The van der Waals surface area contributed by atoms with Crippen LogP contribution < -0.4 is 28.4 Å². The van der Waals surface area contributed by atoms with Crippen molar-refractivity contribution < 1.29 is 53.6 Å². The molecule has 0 aromatic heterocycles. The second kappa shape index (κ2) is 16.2. The fourth-order valence-electron chi connectivity index (χ4n) is 4.01. The largest absolute Gasteiger partial charge is 0.573 e. The number of rotatable bonds is 19. The molecule has 0 fully saturated rings. The molecule has 0 saturated heterocycles. The van der Waals surface area contributed by atoms with Crippen molar-refractivity contribution in [3.8, 4) is 34.5 Å². The van der Waals surface area contributed by atoms with Crippen molar-refractivity contribution in [2.75, 3.05) is 41.7 Å². The van der Waals surface area contributed by atoms with Crippen LogP contribution >= 0.6 is 16.4 Å². The van der Waals surface area contributed by atoms with Gasteiger partial charge >= 0.3 is 16.4 Å². The van der Waals surface area contributed by atoms with Gasteiger partial charge in [-0.3, -0.25) is 0 Å². The van der Waals surface area contributed by atoms with Gasteiger partial charge in [-0.2, -0.15) is 0 Å². The lowest BCUT2D eigenvalue weighted by atomic mass is 10.1. The predicted octanol–water partition coefficient (Wildman–Crippen LogP) is 9.86. The van der Waals surface area contributed by atoms with Gasteiger partial charge in [-0.15, -0.1) is 0 Å². The van der Waals surface area contributed by atoms with Crippen molar-refractivity contribution >= 4 is 16.4 Å². The van der Waals surface area contributed by atoms with Crippen LogP contribution in [0.4, 0.5) is 25.2 Å². The van der Waals surface area contributed by atoms with Crippen molar-refractivity contribution in [3.05, 3.63) is 35.4 Å². The van der Waals surface area contributed by atoms with Gasteiger partial charge in [0.15, 0.2) is 35.3 Å². The summed E-state index contributed by atoms with van der Waals surface area (Å²) in [6.07, 6.45) is 3.14. The van der Waals surface area contributed by atoms with Gasteiger partial charge in [0.05, 0.1) is 41.7 Å². The van der Waals surface area contributed by atoms with Crippen LogP contribution in [0.1, 0.15) is 49.7 Å². The monoisotopic (exact) mass is 620 g/mol. The molecule has 2 aromatic rings. The standard InChI is InChI=1S/C26H36F6O6P2/c1-33-21-13-19(17-39(27,28)29)14-22(34-2)25(21)37-11-9-7-5-6-8-10-12-38-26-23(35-3)15-20(16-24(26)36-4)18-40(30,31)32/h13-16H,5-12,17-18H2,1-4H3/q+2. The Labute approximate surface area is 232 Å². The Kier molecular flexibility index (Phi) is 13.7. The summed E-state index contributed by atoms with van der Waals surface area (Å²) >= 11 is 0. The molecule has 0 aliphatic rings. The zero-order valence-electron chi connectivity index (χ0n) is 23.0. The molecule has 0 radical (unpaired) electrons. The third kappa shape index (κ3) is 11.7. The molecule has 40 heavy (non-hydrogen) atoms. The Balaban J connectivity index is 1.74. The zero-order chi connectivity index (χ0) is 29.8. The molecule has 0 unspecified atom stereocenters. The minimum atomic E-state index is -5.49. The Bertz CT molecular complexity index is 931. The van der Waals surface area contributed by atoms with E-state index in [0.29, 0.717) is 13.2 Å². The van der Waals surface area contributed by atoms with E-state index in [1.807, 2.05) is 0 Å². The maximum absolute atomic E-state index is 12.9. The number of ether oxygens (including phenoxy) is 6. The molecule has 0 amide bonds. The molecule has 226 valence electrons. The highest BCUT2D eigenvalue weighted by Crippen LogP contribution is 2.67. The summed E-state index contributed by atoms with van der Waals surface area (Å²) in [5, 5.41) is 0. The van der Waals surface area contributed by atoms with Gasteiger partial charge in [0, 0.05) is 36.3 Å². The smallest absolute Gasteiger partial charge is 0.493 e. The number of methoxy groups -OCH3 is 4. The van der Waals surface area contributed by atoms with E-state index >= 15 is 0 Å². The summed E-state index contributed by atoms with van der Waals surface area (Å²) in [5.74, 6) is 1.37. The molecule has 0 aliphatic carbocycles. The fourth-order valence-corrected chi connectivity index (χ4v) is 5.20. The molecule has 0 spiro atoms. The van der Waals surface area contributed by atoms with E-state index in [9.17, 15) is 25.2 Å². The molecule has 0 aliphatic heterocycles. The van der Waals surface area contributed by atoms with Crippen LogP contribution in [0.15, 0.2) is 24.3 Å². The highest BCUT2D eigenvalue weighted by molar-refractivity contribution is 7.59. The normalized spacial score (nSPS) is 11.8. The molecule has 14 heteroatoms. The van der Waals surface area contributed by atoms with E-state index in [1.54, 1.807) is 0 Å². The first-order valence-electron chi connectivity index (χ1n) is 12.6. The van der Waals surface area contributed by atoms with Crippen molar-refractivity contribution in [2.24, 2.45) is 0 Å². The summed E-state index contributed by atoms with van der Waals surface area (Å²) in [4.78, 5) is 0. The molecule has 0 atom stereocenters. The SMILES string of the molecule is COc1cc(C[P+](F)(F)F)cc(OC)c1OCCCCCCCCOc1c(OC)cc(C[P+](F)(F)F)cc1OC. The first-order chi connectivity index (χ1) is 18.9. The Morgan fingerprint density at radius 3 is 1.00 bits per heavy atom. The lowest BCUT2D eigenvalue weighted by Crippen LogP contribution is -2.03. The van der Waals surface area contributed by atoms with Gasteiger partial charge in [-0.1, -0.05) is 25.7 Å². The quantitative estimate of drug-likeness (QED) is 0.0886. The van der Waals surface area contributed by atoms with Crippen LogP contribution in [0, 0.1) is 0 Å². The topological polar surface area (TPSA) is 55.4 Å². The van der Waals surface area contributed by atoms with E-state index in [2.05, 4.69) is 0 Å². The summed E-state index contributed by atoms with van der Waals surface area (Å²) < 4.78 is 110. The Morgan fingerprint density at radius 2 is 0.750 bits per heavy atom. The van der Waals surface area contributed by atoms with Crippen molar-refractivity contribution in [1.82, 2.24) is 0 Å². The van der Waals surface area contributed by atoms with E-state index in [0.717, 1.165) is 38.5 Å². The Hall–Kier alpha value is -2.32. The maximum Gasteiger partial charge on any atom is 0.573 e. The summed E-state index contributed by atoms with van der Waals surface area (Å²) in [5.41, 5.74) is 0.143. The minimum absolute atomic E-state index is 0.0717. The zero-order valence-corrected chi connectivity index (χ0v) is 24.8. The first-order valence-corrected chi connectivity index (χ1v) is 15.9. The van der Waals surface area contributed by atoms with Gasteiger partial charge in [0.2, 0.25) is 11.5 Å². The number of hydrogen-bond acceptors (Lipinski definition) is 6. The minimum Gasteiger partial charge on any atom is -0.493 e. The lowest BCUT2D eigenvalue weighted by molar-refractivity contribution is 0.262. The van der Waals surface area contributed by atoms with Crippen LogP contribution in [0.5, 0.6) is 34.5 Å². The molecular formula is C26H36F6O6P2+2. The van der Waals surface area contributed by atoms with Crippen LogP contribution in [0.25, 0.3) is 0 Å². The van der Waals surface area contributed by atoms with Crippen molar-refractivity contribution in [3.63, 3.8) is 0 Å². The molecule has 2 aromatic carbocycles. The van der Waals surface area contributed by atoms with E-state index < -0.39 is 28.7 Å². The predicted molar refractivity (Wildman–Crippen MR) is 146 cm³/mol. The van der Waals surface area contributed by atoms with E-state index in [-0.39, 0.29) is 45.6 Å². The van der Waals surface area contributed by atoms with Crippen LogP contribution in [0.3, 0.4) is 0 Å². The number of unbranched alkanes of at least 4 members (excludes halogenated alkanes) is 5. The molecule has 0 saturated carbocycles. The maximum atomic E-state index is 12.9. The van der Waals surface area contributed by atoms with Gasteiger partial charge in [0.25, 0.3) is 0 Å². The highest BCUT2D eigenvalue weighted by Gasteiger charge is 2.44. The van der Waals surface area contributed by atoms with E-state index in [4.69, 9.17) is 28.4 Å². The van der Waals surface area contributed by atoms with E-state index in [1.165, 1.54) is 52.7 Å². The van der Waals surface area contributed by atoms with Crippen LogP contribution in [-0.4, -0.2) is 41.7 Å². The molecule has 0 N–H and O–H groups in total. The molecule has 0 heterocycles. The van der Waals surface area contributed by atoms with Crippen molar-refractivity contribution in [1.29, 1.82) is 0 Å². The van der Waals surface area contributed by atoms with Gasteiger partial charge in [-0.05, 0) is 37.1 Å². The number of hydrogen-bond donors (Lipinski definition) is 0. The second-order valence-corrected chi connectivity index (χ2v) is 11.7. The third-order valence-electron chi connectivity index (χ3n) is 5.80. The number of halogens is 6. The van der Waals surface area contributed by atoms with Crippen molar-refractivity contribution in [2.45, 2.75) is 50.8 Å². The van der Waals surface area contributed by atoms with Crippen LogP contribution in [0.2, 0.25) is 0 Å². The second-order valence-electron chi connectivity index (χ2n) is 8.89. The summed E-state index contributed by atoms with van der Waals surface area (Å²) in [7, 11) is -5.51. The third-order valence-corrected chi connectivity index (χ3v) is 7.24.